The van der Waals surface area contributed by atoms with Gasteiger partial charge in [0.2, 0.25) is 0 Å². The molecule has 0 aliphatic heterocycles. The van der Waals surface area contributed by atoms with Crippen LogP contribution in [0.5, 0.6) is 5.75 Å². The summed E-state index contributed by atoms with van der Waals surface area (Å²) in [6, 6.07) is 27.7. The number of anilines is 1. The molecule has 2 aromatic heterocycles. The van der Waals surface area contributed by atoms with Crippen molar-refractivity contribution >= 4 is 39.1 Å². The summed E-state index contributed by atoms with van der Waals surface area (Å²) in [6.07, 6.45) is 3.43. The summed E-state index contributed by atoms with van der Waals surface area (Å²) in [4.78, 5) is 33.3. The summed E-state index contributed by atoms with van der Waals surface area (Å²) in [7, 11) is 0. The first-order chi connectivity index (χ1) is 21.1. The zero-order valence-electron chi connectivity index (χ0n) is 24.4. The van der Waals surface area contributed by atoms with Gasteiger partial charge in [-0.2, -0.15) is 0 Å². The molecular formula is C36H34N2O4S. The van der Waals surface area contributed by atoms with Crippen molar-refractivity contribution in [2.45, 2.75) is 45.4 Å². The van der Waals surface area contributed by atoms with Gasteiger partial charge in [-0.1, -0.05) is 67.6 Å². The van der Waals surface area contributed by atoms with Crippen molar-refractivity contribution in [3.05, 3.63) is 112 Å². The number of nitrogens with one attached hydrogen (secondary N) is 1. The van der Waals surface area contributed by atoms with E-state index < -0.39 is 5.97 Å². The minimum Gasteiger partial charge on any atom is -0.494 e. The minimum absolute atomic E-state index is 0.267. The molecular weight excluding hydrogens is 556 g/mol. The van der Waals surface area contributed by atoms with Crippen LogP contribution in [0.25, 0.3) is 22.2 Å². The van der Waals surface area contributed by atoms with E-state index in [0.717, 1.165) is 52.8 Å². The van der Waals surface area contributed by atoms with E-state index >= 15 is 0 Å². The Morgan fingerprint density at radius 3 is 2.60 bits per heavy atom. The number of amides is 1. The highest BCUT2D eigenvalue weighted by molar-refractivity contribution is 7.17. The summed E-state index contributed by atoms with van der Waals surface area (Å²) in [5.41, 5.74) is 5.52. The maximum atomic E-state index is 14.0. The number of esters is 1. The Bertz CT molecular complexity index is 1780. The normalized spacial score (nSPS) is 14.2. The first kappa shape index (κ1) is 28.6. The van der Waals surface area contributed by atoms with Gasteiger partial charge >= 0.3 is 5.97 Å². The van der Waals surface area contributed by atoms with E-state index in [9.17, 15) is 9.59 Å². The summed E-state index contributed by atoms with van der Waals surface area (Å²) < 4.78 is 11.3. The number of nitrogens with zero attached hydrogens (tertiary/aromatic N) is 1. The Morgan fingerprint density at radius 2 is 1.79 bits per heavy atom. The molecule has 1 aliphatic rings. The van der Waals surface area contributed by atoms with E-state index in [4.69, 9.17) is 14.5 Å². The molecule has 218 valence electrons. The van der Waals surface area contributed by atoms with E-state index in [0.29, 0.717) is 39.9 Å². The number of thiophene rings is 1. The average Bonchev–Trinajstić information content (AvgIpc) is 3.41. The SMILES string of the molecule is CCCOc1cccc(-c2cc(C(=O)Nc3sc4c(c3C(=O)OCC)CC[C@@H](c3ccccc3)C4)c3ccccc3n2)c1. The molecule has 0 fully saturated rings. The smallest absolute Gasteiger partial charge is 0.341 e. The number of para-hydroxylation sites is 1. The largest absolute Gasteiger partial charge is 0.494 e. The number of hydrogen-bond acceptors (Lipinski definition) is 6. The lowest BCUT2D eigenvalue weighted by Crippen LogP contribution is -2.17. The summed E-state index contributed by atoms with van der Waals surface area (Å²) >= 11 is 1.49. The second-order valence-electron chi connectivity index (χ2n) is 10.7. The molecule has 43 heavy (non-hydrogen) atoms. The fourth-order valence-corrected chi connectivity index (χ4v) is 7.06. The summed E-state index contributed by atoms with van der Waals surface area (Å²) in [5.74, 6) is 0.451. The Balaban J connectivity index is 1.37. The summed E-state index contributed by atoms with van der Waals surface area (Å²) in [6.45, 7) is 4.76. The molecule has 1 aliphatic carbocycles. The van der Waals surface area contributed by atoms with E-state index in [1.54, 1.807) is 6.92 Å². The van der Waals surface area contributed by atoms with Crippen molar-refractivity contribution in [2.24, 2.45) is 0 Å². The number of carbonyl (C=O) groups is 2. The number of aromatic nitrogens is 1. The first-order valence-corrected chi connectivity index (χ1v) is 15.7. The van der Waals surface area contributed by atoms with Gasteiger partial charge in [0.25, 0.3) is 5.91 Å². The molecule has 1 atom stereocenters. The molecule has 0 spiro atoms. The highest BCUT2D eigenvalue weighted by Gasteiger charge is 2.31. The van der Waals surface area contributed by atoms with Crippen molar-refractivity contribution < 1.29 is 19.1 Å². The number of hydrogen-bond donors (Lipinski definition) is 1. The van der Waals surface area contributed by atoms with Crippen molar-refractivity contribution in [3.63, 3.8) is 0 Å². The second-order valence-corrected chi connectivity index (χ2v) is 11.8. The van der Waals surface area contributed by atoms with Crippen LogP contribution in [0.4, 0.5) is 5.00 Å². The first-order valence-electron chi connectivity index (χ1n) is 14.9. The van der Waals surface area contributed by atoms with Gasteiger partial charge in [0, 0.05) is 15.8 Å². The average molecular weight is 591 g/mol. The Hall–Kier alpha value is -4.49. The van der Waals surface area contributed by atoms with Crippen LogP contribution in [0.1, 0.15) is 69.3 Å². The van der Waals surface area contributed by atoms with Gasteiger partial charge in [-0.05, 0) is 73.9 Å². The fourth-order valence-electron chi connectivity index (χ4n) is 5.75. The maximum Gasteiger partial charge on any atom is 0.341 e. The molecule has 0 radical (unpaired) electrons. The van der Waals surface area contributed by atoms with Crippen LogP contribution in [-0.4, -0.2) is 30.1 Å². The zero-order chi connectivity index (χ0) is 29.8. The third-order valence-corrected chi connectivity index (χ3v) is 8.98. The van der Waals surface area contributed by atoms with Crippen LogP contribution in [0, 0.1) is 0 Å². The molecule has 6 nitrogen and oxygen atoms in total. The van der Waals surface area contributed by atoms with Crippen LogP contribution in [0.15, 0.2) is 84.9 Å². The molecule has 0 unspecified atom stereocenters. The third kappa shape index (κ3) is 6.04. The molecule has 6 rings (SSSR count). The van der Waals surface area contributed by atoms with Crippen LogP contribution in [0.2, 0.25) is 0 Å². The molecule has 1 amide bonds. The van der Waals surface area contributed by atoms with E-state index in [1.165, 1.54) is 16.9 Å². The molecule has 1 N–H and O–H groups in total. The lowest BCUT2D eigenvalue weighted by Gasteiger charge is -2.23. The number of pyridine rings is 1. The van der Waals surface area contributed by atoms with Gasteiger partial charge in [-0.3, -0.25) is 4.79 Å². The molecule has 0 saturated carbocycles. The molecule has 2 heterocycles. The van der Waals surface area contributed by atoms with Crippen molar-refractivity contribution in [1.82, 2.24) is 4.98 Å². The van der Waals surface area contributed by atoms with Crippen molar-refractivity contribution in [1.29, 1.82) is 0 Å². The Morgan fingerprint density at radius 1 is 0.977 bits per heavy atom. The monoisotopic (exact) mass is 590 g/mol. The van der Waals surface area contributed by atoms with Crippen LogP contribution in [-0.2, 0) is 17.6 Å². The second kappa shape index (κ2) is 12.8. The molecule has 5 aromatic rings. The van der Waals surface area contributed by atoms with Crippen molar-refractivity contribution in [3.8, 4) is 17.0 Å². The minimum atomic E-state index is -0.391. The van der Waals surface area contributed by atoms with Gasteiger partial charge in [-0.15, -0.1) is 11.3 Å². The Kier molecular flexibility index (Phi) is 8.52. The third-order valence-electron chi connectivity index (χ3n) is 7.81. The fraction of sp³-hybridized carbons (Fsp3) is 0.250. The number of ether oxygens (including phenoxy) is 2. The maximum absolute atomic E-state index is 14.0. The van der Waals surface area contributed by atoms with E-state index in [2.05, 4.69) is 36.5 Å². The van der Waals surface area contributed by atoms with Gasteiger partial charge in [-0.25, -0.2) is 9.78 Å². The van der Waals surface area contributed by atoms with Gasteiger partial charge in [0.05, 0.1) is 35.6 Å². The van der Waals surface area contributed by atoms with Gasteiger partial charge in [0.1, 0.15) is 10.8 Å². The van der Waals surface area contributed by atoms with Crippen LogP contribution < -0.4 is 10.1 Å². The van der Waals surface area contributed by atoms with Gasteiger partial charge in [0.15, 0.2) is 0 Å². The number of benzene rings is 3. The van der Waals surface area contributed by atoms with Crippen LogP contribution >= 0.6 is 11.3 Å². The van der Waals surface area contributed by atoms with Gasteiger partial charge < -0.3 is 14.8 Å². The topological polar surface area (TPSA) is 77.5 Å². The molecule has 7 heteroatoms. The van der Waals surface area contributed by atoms with E-state index in [-0.39, 0.29) is 12.5 Å². The summed E-state index contributed by atoms with van der Waals surface area (Å²) in [5, 5.41) is 4.40. The molecule has 0 bridgehead atoms. The molecule has 0 saturated heterocycles. The number of rotatable bonds is 9. The number of fused-ring (bicyclic) bond motifs is 2. The quantitative estimate of drug-likeness (QED) is 0.174. The predicted molar refractivity (Wildman–Crippen MR) is 172 cm³/mol. The lowest BCUT2D eigenvalue weighted by atomic mass is 9.83. The predicted octanol–water partition coefficient (Wildman–Crippen LogP) is 8.45. The molecule has 3 aromatic carbocycles. The van der Waals surface area contributed by atoms with Crippen LogP contribution in [0.3, 0.4) is 0 Å². The van der Waals surface area contributed by atoms with E-state index in [1.807, 2.05) is 60.7 Å². The highest BCUT2D eigenvalue weighted by atomic mass is 32.1. The lowest BCUT2D eigenvalue weighted by molar-refractivity contribution is 0.0526. The van der Waals surface area contributed by atoms with Crippen molar-refractivity contribution in [2.75, 3.05) is 18.5 Å². The Labute approximate surface area is 255 Å². The standard InChI is InChI=1S/C36H34N2O4S/c1-3-19-42-26-14-10-13-25(20-26)31-22-29(27-15-8-9-16-30(27)37-31)34(39)38-35-33(36(40)41-4-2)28-18-17-24(21-32(28)43-35)23-11-6-5-7-12-23/h5-16,20,22,24H,3-4,17-19,21H2,1-2H3,(H,38,39)/t24-/m1/s1. The zero-order valence-corrected chi connectivity index (χ0v) is 25.2. The highest BCUT2D eigenvalue weighted by Crippen LogP contribution is 2.43. The number of carbonyl (C=O) groups excluding carboxylic acids is 2.